The first-order valence-corrected chi connectivity index (χ1v) is 10.8. The van der Waals surface area contributed by atoms with E-state index in [9.17, 15) is 14.4 Å². The van der Waals surface area contributed by atoms with Crippen molar-refractivity contribution < 1.29 is 23.9 Å². The lowest BCUT2D eigenvalue weighted by atomic mass is 9.93. The third-order valence-corrected chi connectivity index (χ3v) is 6.54. The van der Waals surface area contributed by atoms with Gasteiger partial charge in [-0.2, -0.15) is 0 Å². The zero-order chi connectivity index (χ0) is 23.0. The van der Waals surface area contributed by atoms with Crippen LogP contribution in [0.3, 0.4) is 0 Å². The fourth-order valence-corrected chi connectivity index (χ4v) is 4.97. The number of rotatable bonds is 4. The summed E-state index contributed by atoms with van der Waals surface area (Å²) in [6, 6.07) is 13.0. The highest BCUT2D eigenvalue weighted by atomic mass is 35.5. The van der Waals surface area contributed by atoms with E-state index in [1.54, 1.807) is 4.90 Å². The molecule has 0 saturated carbocycles. The van der Waals surface area contributed by atoms with Gasteiger partial charge in [0.2, 0.25) is 5.91 Å². The molecule has 7 nitrogen and oxygen atoms in total. The van der Waals surface area contributed by atoms with Crippen molar-refractivity contribution in [2.24, 2.45) is 0 Å². The Hall–Kier alpha value is -3.06. The molecule has 0 aliphatic carbocycles. The second-order valence-electron chi connectivity index (χ2n) is 8.08. The second-order valence-corrected chi connectivity index (χ2v) is 8.52. The Kier molecular flexibility index (Phi) is 6.11. The fourth-order valence-electron chi connectivity index (χ4n) is 4.85. The van der Waals surface area contributed by atoms with E-state index in [4.69, 9.17) is 21.1 Å². The molecule has 3 atom stereocenters. The molecule has 0 radical (unpaired) electrons. The van der Waals surface area contributed by atoms with Gasteiger partial charge in [0.1, 0.15) is 12.2 Å². The molecule has 2 aromatic rings. The van der Waals surface area contributed by atoms with E-state index in [1.807, 2.05) is 36.4 Å². The lowest BCUT2D eigenvalue weighted by molar-refractivity contribution is -0.146. The summed E-state index contributed by atoms with van der Waals surface area (Å²) in [5.41, 5.74) is 4.02. The first kappa shape index (κ1) is 22.1. The number of aryl methyl sites for hydroxylation is 2. The number of nitrogens with zero attached hydrogens (tertiary/aromatic N) is 2. The number of amides is 2. The van der Waals surface area contributed by atoms with Crippen molar-refractivity contribution in [3.8, 4) is 0 Å². The Labute approximate surface area is 191 Å². The molecule has 2 heterocycles. The maximum atomic E-state index is 12.6. The summed E-state index contributed by atoms with van der Waals surface area (Å²) < 4.78 is 9.87. The van der Waals surface area contributed by atoms with Gasteiger partial charge in [-0.1, -0.05) is 35.9 Å². The third kappa shape index (κ3) is 3.81. The predicted molar refractivity (Wildman–Crippen MR) is 120 cm³/mol. The van der Waals surface area contributed by atoms with Crippen LogP contribution in [0, 0.1) is 0 Å². The highest BCUT2D eigenvalue weighted by Gasteiger charge is 2.56. The number of carbonyl (C=O) groups is 3. The van der Waals surface area contributed by atoms with E-state index in [-0.39, 0.29) is 11.8 Å². The highest BCUT2D eigenvalue weighted by molar-refractivity contribution is 6.30. The van der Waals surface area contributed by atoms with Crippen LogP contribution < -0.4 is 4.90 Å². The van der Waals surface area contributed by atoms with Crippen molar-refractivity contribution in [2.75, 3.05) is 19.1 Å². The number of hydrogen-bond donors (Lipinski definition) is 0. The van der Waals surface area contributed by atoms with E-state index in [0.717, 1.165) is 29.7 Å². The maximum Gasteiger partial charge on any atom is 0.411 e. The Balaban J connectivity index is 1.66. The number of anilines is 1. The minimum absolute atomic E-state index is 0.201. The molecule has 8 heteroatoms. The van der Waals surface area contributed by atoms with E-state index >= 15 is 0 Å². The van der Waals surface area contributed by atoms with Crippen LogP contribution in [-0.2, 0) is 31.9 Å². The molecule has 2 aliphatic rings. The number of esters is 1. The van der Waals surface area contributed by atoms with Gasteiger partial charge < -0.3 is 9.47 Å². The average molecular weight is 457 g/mol. The molecule has 2 amide bonds. The summed E-state index contributed by atoms with van der Waals surface area (Å²) in [5.74, 6) is -0.923. The molecule has 168 valence electrons. The number of fused-ring (bicyclic) bond motifs is 3. The average Bonchev–Trinajstić information content (AvgIpc) is 3.32. The van der Waals surface area contributed by atoms with Gasteiger partial charge in [-0.15, -0.1) is 0 Å². The second kappa shape index (κ2) is 8.82. The first-order chi connectivity index (χ1) is 15.3. The normalized spacial score (nSPS) is 21.2. The smallest absolute Gasteiger partial charge is 0.411 e. The first-order valence-electron chi connectivity index (χ1n) is 10.5. The number of methoxy groups -OCH3 is 2. The van der Waals surface area contributed by atoms with Crippen LogP contribution >= 0.6 is 11.6 Å². The third-order valence-electron chi connectivity index (χ3n) is 6.29. The van der Waals surface area contributed by atoms with Crippen LogP contribution in [0.25, 0.3) is 0 Å². The molecule has 32 heavy (non-hydrogen) atoms. The summed E-state index contributed by atoms with van der Waals surface area (Å²) in [6.07, 6.45) is 0.747. The van der Waals surface area contributed by atoms with E-state index in [1.165, 1.54) is 31.6 Å². The van der Waals surface area contributed by atoms with Crippen molar-refractivity contribution in [1.82, 2.24) is 4.90 Å². The summed E-state index contributed by atoms with van der Waals surface area (Å²) in [6.45, 7) is 1.46. The molecule has 0 bridgehead atoms. The summed E-state index contributed by atoms with van der Waals surface area (Å²) in [7, 11) is 2.55. The Bertz CT molecular complexity index is 1050. The topological polar surface area (TPSA) is 76.2 Å². The van der Waals surface area contributed by atoms with Crippen molar-refractivity contribution in [2.45, 2.75) is 44.3 Å². The molecule has 2 aliphatic heterocycles. The van der Waals surface area contributed by atoms with Crippen LogP contribution in [-0.4, -0.2) is 49.3 Å². The number of hydrogen-bond acceptors (Lipinski definition) is 5. The molecule has 0 aromatic heterocycles. The van der Waals surface area contributed by atoms with Crippen LogP contribution in [0.5, 0.6) is 0 Å². The van der Waals surface area contributed by atoms with Gasteiger partial charge in [-0.3, -0.25) is 14.6 Å². The number of halogens is 1. The standard InChI is InChI=1S/C24H25ClN2O5/c1-14(28)26-20-11-8-16(5-4-15-6-9-17(25)10-7-15)12-18(20)19-13-21(23(29)31-2)27(22(19)26)24(30)32-3/h6-12,19,21-22H,4-5,13H2,1-3H3/t19-,21+,22-/m1/s1. The molecule has 1 fully saturated rings. The van der Waals surface area contributed by atoms with Gasteiger partial charge in [-0.05, 0) is 54.2 Å². The molecule has 0 N–H and O–H groups in total. The van der Waals surface area contributed by atoms with Gasteiger partial charge in [0, 0.05) is 23.6 Å². The zero-order valence-electron chi connectivity index (χ0n) is 18.2. The van der Waals surface area contributed by atoms with Gasteiger partial charge in [0.25, 0.3) is 0 Å². The van der Waals surface area contributed by atoms with Gasteiger partial charge in [0.15, 0.2) is 0 Å². The van der Waals surface area contributed by atoms with E-state index < -0.39 is 24.3 Å². The van der Waals surface area contributed by atoms with Gasteiger partial charge in [-0.25, -0.2) is 9.59 Å². The Morgan fingerprint density at radius 2 is 1.66 bits per heavy atom. The number of benzene rings is 2. The Morgan fingerprint density at radius 1 is 1.00 bits per heavy atom. The van der Waals surface area contributed by atoms with E-state index in [0.29, 0.717) is 11.4 Å². The lowest BCUT2D eigenvalue weighted by Crippen LogP contribution is -2.53. The van der Waals surface area contributed by atoms with Gasteiger partial charge >= 0.3 is 12.1 Å². The summed E-state index contributed by atoms with van der Waals surface area (Å²) >= 11 is 5.97. The quantitative estimate of drug-likeness (QED) is 0.652. The minimum Gasteiger partial charge on any atom is -0.467 e. The van der Waals surface area contributed by atoms with Crippen LogP contribution in [0.15, 0.2) is 42.5 Å². The SMILES string of the molecule is COC(=O)[C@@H]1C[C@@H]2c3cc(CCc4ccc(Cl)cc4)ccc3N(C(C)=O)[C@@H]2N1C(=O)OC. The monoisotopic (exact) mass is 456 g/mol. The number of carbonyl (C=O) groups excluding carboxylic acids is 3. The molecule has 4 rings (SSSR count). The molecule has 2 aromatic carbocycles. The molecular weight excluding hydrogens is 432 g/mol. The minimum atomic E-state index is -0.810. The number of likely N-dealkylation sites (tertiary alicyclic amines) is 1. The molecular formula is C24H25ClN2O5. The Morgan fingerprint density at radius 3 is 2.28 bits per heavy atom. The van der Waals surface area contributed by atoms with Crippen LogP contribution in [0.2, 0.25) is 5.02 Å². The van der Waals surface area contributed by atoms with Crippen molar-refractivity contribution in [1.29, 1.82) is 0 Å². The lowest BCUT2D eigenvalue weighted by Gasteiger charge is -2.33. The van der Waals surface area contributed by atoms with Crippen LogP contribution in [0.1, 0.15) is 36.0 Å². The molecule has 1 saturated heterocycles. The highest BCUT2D eigenvalue weighted by Crippen LogP contribution is 2.50. The zero-order valence-corrected chi connectivity index (χ0v) is 19.0. The maximum absolute atomic E-state index is 12.6. The largest absolute Gasteiger partial charge is 0.467 e. The van der Waals surface area contributed by atoms with E-state index in [2.05, 4.69) is 6.07 Å². The number of ether oxygens (including phenoxy) is 2. The fraction of sp³-hybridized carbons (Fsp3) is 0.375. The van der Waals surface area contributed by atoms with Crippen molar-refractivity contribution in [3.05, 3.63) is 64.2 Å². The summed E-state index contributed by atoms with van der Waals surface area (Å²) in [5, 5.41) is 0.707. The molecule has 0 spiro atoms. The molecule has 0 unspecified atom stereocenters. The predicted octanol–water partition coefficient (Wildman–Crippen LogP) is 3.92. The van der Waals surface area contributed by atoms with Crippen molar-refractivity contribution >= 4 is 35.3 Å². The summed E-state index contributed by atoms with van der Waals surface area (Å²) in [4.78, 5) is 40.6. The van der Waals surface area contributed by atoms with Crippen molar-refractivity contribution in [3.63, 3.8) is 0 Å². The van der Waals surface area contributed by atoms with Crippen LogP contribution in [0.4, 0.5) is 10.5 Å². The van der Waals surface area contributed by atoms with Gasteiger partial charge in [0.05, 0.1) is 14.2 Å².